The molecule has 0 aliphatic carbocycles. The highest BCUT2D eigenvalue weighted by atomic mass is 14.9. The van der Waals surface area contributed by atoms with Gasteiger partial charge in [0.15, 0.2) is 0 Å². The SMILES string of the molecule is CCC(C)(C)NCc1cccc2cnccc12. The van der Waals surface area contributed by atoms with Crippen LogP contribution in [0.15, 0.2) is 36.7 Å². The zero-order valence-electron chi connectivity index (χ0n) is 10.8. The predicted octanol–water partition coefficient (Wildman–Crippen LogP) is 3.51. The molecule has 0 amide bonds. The van der Waals surface area contributed by atoms with Crippen molar-refractivity contribution in [1.29, 1.82) is 0 Å². The largest absolute Gasteiger partial charge is 0.308 e. The molecule has 0 saturated heterocycles. The van der Waals surface area contributed by atoms with Gasteiger partial charge in [0.1, 0.15) is 0 Å². The Bertz CT molecular complexity index is 498. The summed E-state index contributed by atoms with van der Waals surface area (Å²) < 4.78 is 0. The number of aromatic nitrogens is 1. The van der Waals surface area contributed by atoms with Gasteiger partial charge in [-0.3, -0.25) is 4.98 Å². The first kappa shape index (κ1) is 12.1. The number of hydrogen-bond acceptors (Lipinski definition) is 2. The molecule has 0 bridgehead atoms. The van der Waals surface area contributed by atoms with Gasteiger partial charge in [0.25, 0.3) is 0 Å². The van der Waals surface area contributed by atoms with Crippen LogP contribution in [-0.4, -0.2) is 10.5 Å². The van der Waals surface area contributed by atoms with Crippen molar-refractivity contribution >= 4 is 10.8 Å². The predicted molar refractivity (Wildman–Crippen MR) is 73.0 cm³/mol. The van der Waals surface area contributed by atoms with Crippen LogP contribution in [0.4, 0.5) is 0 Å². The lowest BCUT2D eigenvalue weighted by Crippen LogP contribution is -2.37. The molecule has 2 heteroatoms. The van der Waals surface area contributed by atoms with Crippen LogP contribution in [-0.2, 0) is 6.54 Å². The van der Waals surface area contributed by atoms with E-state index in [1.54, 1.807) is 0 Å². The van der Waals surface area contributed by atoms with E-state index in [4.69, 9.17) is 0 Å². The third kappa shape index (κ3) is 2.83. The zero-order valence-corrected chi connectivity index (χ0v) is 10.8. The molecule has 1 heterocycles. The summed E-state index contributed by atoms with van der Waals surface area (Å²) in [6.45, 7) is 7.58. The number of nitrogens with one attached hydrogen (secondary N) is 1. The summed E-state index contributed by atoms with van der Waals surface area (Å²) in [6, 6.07) is 8.48. The number of pyridine rings is 1. The highest BCUT2D eigenvalue weighted by molar-refractivity contribution is 5.84. The van der Waals surface area contributed by atoms with Crippen LogP contribution < -0.4 is 5.32 Å². The molecule has 0 atom stereocenters. The van der Waals surface area contributed by atoms with Gasteiger partial charge in [0, 0.05) is 29.9 Å². The Hall–Kier alpha value is -1.41. The van der Waals surface area contributed by atoms with E-state index in [-0.39, 0.29) is 5.54 Å². The van der Waals surface area contributed by atoms with Gasteiger partial charge in [-0.2, -0.15) is 0 Å². The molecule has 2 aromatic rings. The Morgan fingerprint density at radius 1 is 1.24 bits per heavy atom. The summed E-state index contributed by atoms with van der Waals surface area (Å²) in [4.78, 5) is 4.16. The monoisotopic (exact) mass is 228 g/mol. The molecule has 0 radical (unpaired) electrons. The minimum Gasteiger partial charge on any atom is -0.308 e. The first-order chi connectivity index (χ1) is 8.12. The zero-order chi connectivity index (χ0) is 12.3. The first-order valence-corrected chi connectivity index (χ1v) is 6.19. The van der Waals surface area contributed by atoms with Gasteiger partial charge in [-0.05, 0) is 37.3 Å². The molecule has 0 aliphatic rings. The van der Waals surface area contributed by atoms with E-state index in [2.05, 4.69) is 55.3 Å². The van der Waals surface area contributed by atoms with Gasteiger partial charge in [-0.1, -0.05) is 25.1 Å². The molecule has 0 unspecified atom stereocenters. The molecule has 2 rings (SSSR count). The fourth-order valence-electron chi connectivity index (χ4n) is 1.80. The Labute approximate surface area is 103 Å². The molecule has 0 fully saturated rings. The van der Waals surface area contributed by atoms with Crippen molar-refractivity contribution in [3.8, 4) is 0 Å². The van der Waals surface area contributed by atoms with Crippen molar-refractivity contribution in [1.82, 2.24) is 10.3 Å². The van der Waals surface area contributed by atoms with E-state index in [1.807, 2.05) is 12.4 Å². The highest BCUT2D eigenvalue weighted by Crippen LogP contribution is 2.18. The summed E-state index contributed by atoms with van der Waals surface area (Å²) in [5, 5.41) is 6.10. The molecule has 17 heavy (non-hydrogen) atoms. The maximum absolute atomic E-state index is 4.16. The van der Waals surface area contributed by atoms with Crippen molar-refractivity contribution in [3.63, 3.8) is 0 Å². The smallest absolute Gasteiger partial charge is 0.0346 e. The average molecular weight is 228 g/mol. The molecule has 1 N–H and O–H groups in total. The summed E-state index contributed by atoms with van der Waals surface area (Å²) in [5.41, 5.74) is 1.53. The van der Waals surface area contributed by atoms with E-state index in [0.29, 0.717) is 0 Å². The Balaban J connectivity index is 2.24. The lowest BCUT2D eigenvalue weighted by Gasteiger charge is -2.25. The second kappa shape index (κ2) is 4.84. The maximum Gasteiger partial charge on any atom is 0.0346 e. The lowest BCUT2D eigenvalue weighted by molar-refractivity contribution is 0.375. The summed E-state index contributed by atoms with van der Waals surface area (Å²) in [5.74, 6) is 0. The van der Waals surface area contributed by atoms with E-state index in [0.717, 1.165) is 13.0 Å². The fourth-order valence-corrected chi connectivity index (χ4v) is 1.80. The second-order valence-corrected chi connectivity index (χ2v) is 5.10. The van der Waals surface area contributed by atoms with Gasteiger partial charge < -0.3 is 5.32 Å². The summed E-state index contributed by atoms with van der Waals surface area (Å²) in [6.07, 6.45) is 4.90. The minimum absolute atomic E-state index is 0.190. The van der Waals surface area contributed by atoms with Gasteiger partial charge in [-0.15, -0.1) is 0 Å². The van der Waals surface area contributed by atoms with E-state index < -0.39 is 0 Å². The number of nitrogens with zero attached hydrogens (tertiary/aromatic N) is 1. The van der Waals surface area contributed by atoms with Crippen LogP contribution >= 0.6 is 0 Å². The number of fused-ring (bicyclic) bond motifs is 1. The topological polar surface area (TPSA) is 24.9 Å². The van der Waals surface area contributed by atoms with Crippen molar-refractivity contribution in [2.75, 3.05) is 0 Å². The van der Waals surface area contributed by atoms with Crippen molar-refractivity contribution < 1.29 is 0 Å². The van der Waals surface area contributed by atoms with Crippen molar-refractivity contribution in [2.45, 2.75) is 39.3 Å². The Kier molecular flexibility index (Phi) is 3.43. The maximum atomic E-state index is 4.16. The number of benzene rings is 1. The van der Waals surface area contributed by atoms with Crippen LogP contribution in [0.3, 0.4) is 0 Å². The van der Waals surface area contributed by atoms with Crippen LogP contribution in [0.25, 0.3) is 10.8 Å². The lowest BCUT2D eigenvalue weighted by atomic mass is 10.0. The molecule has 0 saturated carbocycles. The highest BCUT2D eigenvalue weighted by Gasteiger charge is 2.13. The summed E-state index contributed by atoms with van der Waals surface area (Å²) in [7, 11) is 0. The third-order valence-electron chi connectivity index (χ3n) is 3.41. The number of rotatable bonds is 4. The normalized spacial score (nSPS) is 11.9. The van der Waals surface area contributed by atoms with Gasteiger partial charge in [0.2, 0.25) is 0 Å². The molecule has 1 aromatic heterocycles. The second-order valence-electron chi connectivity index (χ2n) is 5.10. The number of hydrogen-bond donors (Lipinski definition) is 1. The molecule has 1 aromatic carbocycles. The van der Waals surface area contributed by atoms with E-state index in [1.165, 1.54) is 16.3 Å². The standard InChI is InChI=1S/C15H20N2/c1-4-15(2,3)17-11-13-7-5-6-12-10-16-9-8-14(12)13/h5-10,17H,4,11H2,1-3H3. The molecule has 90 valence electrons. The molecular formula is C15H20N2. The average Bonchev–Trinajstić information content (AvgIpc) is 2.36. The third-order valence-corrected chi connectivity index (χ3v) is 3.41. The van der Waals surface area contributed by atoms with Crippen LogP contribution in [0, 0.1) is 0 Å². The Morgan fingerprint density at radius 3 is 2.82 bits per heavy atom. The quantitative estimate of drug-likeness (QED) is 0.866. The van der Waals surface area contributed by atoms with E-state index in [9.17, 15) is 0 Å². The van der Waals surface area contributed by atoms with Crippen LogP contribution in [0.2, 0.25) is 0 Å². The van der Waals surface area contributed by atoms with Gasteiger partial charge in [0.05, 0.1) is 0 Å². The van der Waals surface area contributed by atoms with Crippen LogP contribution in [0.1, 0.15) is 32.8 Å². The molecular weight excluding hydrogens is 208 g/mol. The van der Waals surface area contributed by atoms with E-state index >= 15 is 0 Å². The van der Waals surface area contributed by atoms with Gasteiger partial charge >= 0.3 is 0 Å². The molecule has 2 nitrogen and oxygen atoms in total. The fraction of sp³-hybridized carbons (Fsp3) is 0.400. The Morgan fingerprint density at radius 2 is 2.06 bits per heavy atom. The van der Waals surface area contributed by atoms with Crippen molar-refractivity contribution in [3.05, 3.63) is 42.2 Å². The minimum atomic E-state index is 0.190. The summed E-state index contributed by atoms with van der Waals surface area (Å²) >= 11 is 0. The molecule has 0 spiro atoms. The van der Waals surface area contributed by atoms with Gasteiger partial charge in [-0.25, -0.2) is 0 Å². The van der Waals surface area contributed by atoms with Crippen molar-refractivity contribution in [2.24, 2.45) is 0 Å². The molecule has 0 aliphatic heterocycles. The van der Waals surface area contributed by atoms with Crippen LogP contribution in [0.5, 0.6) is 0 Å². The first-order valence-electron chi connectivity index (χ1n) is 6.19.